The van der Waals surface area contributed by atoms with Gasteiger partial charge in [-0.05, 0) is 46.6 Å². The number of rotatable bonds is 12. The van der Waals surface area contributed by atoms with E-state index >= 15 is 0 Å². The summed E-state index contributed by atoms with van der Waals surface area (Å²) in [5.41, 5.74) is 0. The molecule has 0 spiro atoms. The Morgan fingerprint density at radius 3 is 2.41 bits per heavy atom. The van der Waals surface area contributed by atoms with Crippen LogP contribution < -0.4 is 0 Å². The zero-order chi connectivity index (χ0) is 22.0. The van der Waals surface area contributed by atoms with Crippen LogP contribution in [-0.2, 0) is 27.4 Å². The lowest BCUT2D eigenvalue weighted by atomic mass is 9.89. The Kier molecular flexibility index (Phi) is 12.2. The van der Waals surface area contributed by atoms with Crippen LogP contribution in [0.15, 0.2) is 11.9 Å². The summed E-state index contributed by atoms with van der Waals surface area (Å²) in [6, 6.07) is 2.59. The maximum absolute atomic E-state index is 12.4. The lowest BCUT2D eigenvalue weighted by molar-refractivity contribution is -0.0588. The van der Waals surface area contributed by atoms with E-state index in [9.17, 15) is 4.57 Å². The summed E-state index contributed by atoms with van der Waals surface area (Å²) < 4.78 is 43.0. The van der Waals surface area contributed by atoms with E-state index in [-0.39, 0.29) is 24.2 Å². The maximum atomic E-state index is 12.4. The molecule has 0 amide bonds. The van der Waals surface area contributed by atoms with Crippen LogP contribution in [0.4, 0.5) is 0 Å². The second kappa shape index (κ2) is 13.2. The van der Waals surface area contributed by atoms with Gasteiger partial charge in [0.2, 0.25) is 0 Å². The average Bonchev–Trinajstić information content (AvgIpc) is 2.67. The molecular formula is C18H35BN2O6P2. The molecule has 1 rings (SSSR count). The predicted molar refractivity (Wildman–Crippen MR) is 117 cm³/mol. The molecule has 166 valence electrons. The van der Waals surface area contributed by atoms with Crippen LogP contribution in [0.2, 0.25) is 0 Å². The Bertz CT molecular complexity index is 585. The van der Waals surface area contributed by atoms with Gasteiger partial charge in [0.25, 0.3) is 8.53 Å². The molecule has 8 nitrogen and oxygen atoms in total. The topological polar surface area (TPSA) is 90.3 Å². The lowest BCUT2D eigenvalue weighted by Crippen LogP contribution is -2.41. The van der Waals surface area contributed by atoms with Crippen molar-refractivity contribution in [1.29, 1.82) is 5.26 Å². The first kappa shape index (κ1) is 26.7. The molecule has 0 aromatic heterocycles. The molecular weight excluding hydrogens is 413 g/mol. The quantitative estimate of drug-likeness (QED) is 0.253. The van der Waals surface area contributed by atoms with Crippen LogP contribution in [0.3, 0.4) is 0 Å². The van der Waals surface area contributed by atoms with E-state index in [4.69, 9.17) is 28.1 Å². The standard InChI is InChI=1S/C18H35BN2O6P2/c1-14(2)21(15(3)4)28(25-12-7-11-20)27-17-8-9-18(19)26-16(17)10-13-29(22,23-5)24-6/h10,13-18H,7-9,12,19H2,1-6H3/b13-10+/t16-,17?,18-,28?/m1/s1. The normalized spacial score (nSPS) is 24.5. The van der Waals surface area contributed by atoms with Gasteiger partial charge < -0.3 is 22.8 Å². The van der Waals surface area contributed by atoms with Crippen LogP contribution in [0.25, 0.3) is 0 Å². The first-order chi connectivity index (χ1) is 13.7. The van der Waals surface area contributed by atoms with Gasteiger partial charge in [0, 0.05) is 38.1 Å². The van der Waals surface area contributed by atoms with Crippen molar-refractivity contribution in [2.75, 3.05) is 20.8 Å². The summed E-state index contributed by atoms with van der Waals surface area (Å²) in [5, 5.41) is 8.87. The van der Waals surface area contributed by atoms with E-state index in [1.807, 2.05) is 7.85 Å². The molecule has 0 radical (unpaired) electrons. The van der Waals surface area contributed by atoms with Gasteiger partial charge in [0.1, 0.15) is 14.0 Å². The van der Waals surface area contributed by atoms with Gasteiger partial charge in [0.05, 0.1) is 25.2 Å². The molecule has 0 aromatic carbocycles. The van der Waals surface area contributed by atoms with Crippen LogP contribution in [0.5, 0.6) is 0 Å². The monoisotopic (exact) mass is 448 g/mol. The third-order valence-corrected chi connectivity index (χ3v) is 8.18. The predicted octanol–water partition coefficient (Wildman–Crippen LogP) is 3.79. The van der Waals surface area contributed by atoms with Crippen molar-refractivity contribution >= 4 is 24.0 Å². The molecule has 1 aliphatic heterocycles. The van der Waals surface area contributed by atoms with Crippen LogP contribution in [0, 0.1) is 11.3 Å². The molecule has 29 heavy (non-hydrogen) atoms. The first-order valence-electron chi connectivity index (χ1n) is 9.98. The minimum absolute atomic E-state index is 0.0611. The Balaban J connectivity index is 3.03. The van der Waals surface area contributed by atoms with E-state index in [1.165, 1.54) is 20.0 Å². The van der Waals surface area contributed by atoms with Crippen LogP contribution >= 0.6 is 16.1 Å². The number of ether oxygens (including phenoxy) is 1. The van der Waals surface area contributed by atoms with Crippen molar-refractivity contribution in [3.8, 4) is 6.07 Å². The molecule has 1 fully saturated rings. The first-order valence-corrected chi connectivity index (χ1v) is 12.7. The second-order valence-electron chi connectivity index (χ2n) is 7.43. The molecule has 1 saturated heterocycles. The van der Waals surface area contributed by atoms with Gasteiger partial charge >= 0.3 is 7.60 Å². The molecule has 1 aliphatic rings. The third-order valence-electron chi connectivity index (χ3n) is 4.47. The zero-order valence-electron chi connectivity index (χ0n) is 18.6. The molecule has 0 bridgehead atoms. The highest BCUT2D eigenvalue weighted by Gasteiger charge is 2.36. The number of hydrogen-bond acceptors (Lipinski definition) is 8. The molecule has 1 heterocycles. The van der Waals surface area contributed by atoms with Gasteiger partial charge in [-0.25, -0.2) is 4.67 Å². The molecule has 0 aromatic rings. The number of nitrogens with zero attached hydrogens (tertiary/aromatic N) is 2. The zero-order valence-corrected chi connectivity index (χ0v) is 20.4. The maximum Gasteiger partial charge on any atom is 0.353 e. The van der Waals surface area contributed by atoms with Gasteiger partial charge in [-0.1, -0.05) is 0 Å². The van der Waals surface area contributed by atoms with E-state index < -0.39 is 22.2 Å². The Morgan fingerprint density at radius 1 is 1.28 bits per heavy atom. The van der Waals surface area contributed by atoms with E-state index in [2.05, 4.69) is 38.4 Å². The highest BCUT2D eigenvalue weighted by atomic mass is 31.2. The fourth-order valence-corrected chi connectivity index (χ4v) is 5.60. The van der Waals surface area contributed by atoms with E-state index in [0.29, 0.717) is 13.0 Å². The Hall–Kier alpha value is -0.285. The molecule has 2 unspecified atom stereocenters. The van der Waals surface area contributed by atoms with Gasteiger partial charge in [-0.15, -0.1) is 0 Å². The highest BCUT2D eigenvalue weighted by Crippen LogP contribution is 2.50. The van der Waals surface area contributed by atoms with Crippen molar-refractivity contribution < 1.29 is 27.4 Å². The molecule has 0 saturated carbocycles. The molecule has 11 heteroatoms. The van der Waals surface area contributed by atoms with Crippen molar-refractivity contribution in [1.82, 2.24) is 4.67 Å². The number of nitriles is 1. The van der Waals surface area contributed by atoms with Gasteiger partial charge in [0.15, 0.2) is 0 Å². The Morgan fingerprint density at radius 2 is 1.90 bits per heavy atom. The smallest absolute Gasteiger partial charge is 0.353 e. The molecule has 4 atom stereocenters. The van der Waals surface area contributed by atoms with Crippen molar-refractivity contribution in [2.24, 2.45) is 0 Å². The summed E-state index contributed by atoms with van der Waals surface area (Å²) in [7, 11) is 0.0188. The highest BCUT2D eigenvalue weighted by molar-refractivity contribution is 7.57. The fraction of sp³-hybridized carbons (Fsp3) is 0.833. The largest absolute Gasteiger partial charge is 0.377 e. The summed E-state index contributed by atoms with van der Waals surface area (Å²) in [4.78, 5) is 0. The van der Waals surface area contributed by atoms with Crippen molar-refractivity contribution in [3.63, 3.8) is 0 Å². The van der Waals surface area contributed by atoms with Crippen LogP contribution in [0.1, 0.15) is 47.0 Å². The number of hydrogen-bond donors (Lipinski definition) is 0. The summed E-state index contributed by atoms with van der Waals surface area (Å²) in [6.45, 7) is 8.69. The summed E-state index contributed by atoms with van der Waals surface area (Å²) >= 11 is 0. The fourth-order valence-electron chi connectivity index (χ4n) is 3.07. The van der Waals surface area contributed by atoms with E-state index in [0.717, 1.165) is 12.8 Å². The summed E-state index contributed by atoms with van der Waals surface area (Å²) in [6.07, 6.45) is 2.97. The van der Waals surface area contributed by atoms with E-state index in [1.54, 1.807) is 6.08 Å². The van der Waals surface area contributed by atoms with Crippen molar-refractivity contribution in [3.05, 3.63) is 11.9 Å². The van der Waals surface area contributed by atoms with Gasteiger partial charge in [-0.2, -0.15) is 5.26 Å². The van der Waals surface area contributed by atoms with Crippen LogP contribution in [-0.4, -0.2) is 63.6 Å². The molecule has 0 aliphatic carbocycles. The second-order valence-corrected chi connectivity index (χ2v) is 10.9. The lowest BCUT2D eigenvalue weighted by Gasteiger charge is -2.40. The average molecular weight is 448 g/mol. The Labute approximate surface area is 177 Å². The van der Waals surface area contributed by atoms with Gasteiger partial charge in [-0.3, -0.25) is 4.57 Å². The minimum atomic E-state index is -3.29. The molecule has 0 N–H and O–H groups in total. The minimum Gasteiger partial charge on any atom is -0.377 e. The van der Waals surface area contributed by atoms with Crippen molar-refractivity contribution in [2.45, 2.75) is 77.3 Å². The summed E-state index contributed by atoms with van der Waals surface area (Å²) in [5.74, 6) is 1.42. The SMILES string of the molecule is B[C@H]1CCC(OP(OCCC#N)N(C(C)C)C(C)C)[C@@H](/C=C/P(=O)(OC)OC)O1. The third kappa shape index (κ3) is 8.77.